The fourth-order valence-electron chi connectivity index (χ4n) is 3.30. The van der Waals surface area contributed by atoms with Gasteiger partial charge in [-0.25, -0.2) is 0 Å². The molecule has 2 N–H and O–H groups in total. The van der Waals surface area contributed by atoms with Crippen LogP contribution in [0, 0.1) is 0 Å². The van der Waals surface area contributed by atoms with E-state index in [4.69, 9.17) is 4.74 Å². The Balaban J connectivity index is 1.42. The Hall–Kier alpha value is -2.28. The second-order valence-electron chi connectivity index (χ2n) is 7.08. The highest BCUT2D eigenvalue weighted by atomic mass is 32.2. The molecule has 2 amide bonds. The highest BCUT2D eigenvalue weighted by Crippen LogP contribution is 2.36. The number of fused-ring (bicyclic) bond motifs is 1. The minimum absolute atomic E-state index is 0.0741. The van der Waals surface area contributed by atoms with E-state index in [1.54, 1.807) is 6.92 Å². The fraction of sp³-hybridized carbons (Fsp3) is 0.476. The van der Waals surface area contributed by atoms with Gasteiger partial charge in [0, 0.05) is 11.4 Å². The van der Waals surface area contributed by atoms with E-state index in [2.05, 4.69) is 16.7 Å². The zero-order chi connectivity index (χ0) is 19.9. The number of thioether (sulfide) groups is 1. The van der Waals surface area contributed by atoms with E-state index >= 15 is 0 Å². The maximum absolute atomic E-state index is 12.2. The lowest BCUT2D eigenvalue weighted by Gasteiger charge is -2.23. The van der Waals surface area contributed by atoms with E-state index in [1.165, 1.54) is 30.2 Å². The van der Waals surface area contributed by atoms with Gasteiger partial charge in [-0.05, 0) is 51.2 Å². The number of hydrogen-bond donors (Lipinski definition) is 2. The highest BCUT2D eigenvalue weighted by Gasteiger charge is 2.30. The molecule has 6 nitrogen and oxygen atoms in total. The normalized spacial score (nSPS) is 19.7. The Morgan fingerprint density at radius 3 is 2.93 bits per heavy atom. The summed E-state index contributed by atoms with van der Waals surface area (Å²) in [4.78, 5) is 37.4. The van der Waals surface area contributed by atoms with Gasteiger partial charge in [-0.15, -0.1) is 11.8 Å². The van der Waals surface area contributed by atoms with Crippen molar-refractivity contribution >= 4 is 35.2 Å². The molecular formula is C21H26N2O4S. The highest BCUT2D eigenvalue weighted by molar-refractivity contribution is 8.01. The second kappa shape index (κ2) is 9.78. The van der Waals surface area contributed by atoms with E-state index in [0.29, 0.717) is 6.54 Å². The number of para-hydroxylation sites is 1. The van der Waals surface area contributed by atoms with Crippen molar-refractivity contribution in [3.05, 3.63) is 35.9 Å². The molecule has 2 atom stereocenters. The van der Waals surface area contributed by atoms with Crippen molar-refractivity contribution in [1.29, 1.82) is 0 Å². The van der Waals surface area contributed by atoms with Crippen LogP contribution in [-0.2, 0) is 19.1 Å². The van der Waals surface area contributed by atoms with Crippen molar-refractivity contribution in [3.8, 4) is 0 Å². The molecule has 1 aliphatic carbocycles. The zero-order valence-electron chi connectivity index (χ0n) is 16.0. The van der Waals surface area contributed by atoms with Crippen LogP contribution in [-0.4, -0.2) is 35.7 Å². The molecular weight excluding hydrogens is 376 g/mol. The molecule has 0 spiro atoms. The standard InChI is InChI=1S/C21H26N2O4S/c1-14(20(25)22-12-11-15-7-3-2-4-8-15)27-19(24)13-18-21(26)23-16-9-5-6-10-17(16)28-18/h5-7,9-10,14,18H,2-4,8,11-13H2,1H3,(H,22,25)(H,23,26)/t14-,18-/m0/s1. The van der Waals surface area contributed by atoms with Crippen molar-refractivity contribution in [3.63, 3.8) is 0 Å². The number of ether oxygens (including phenoxy) is 1. The van der Waals surface area contributed by atoms with Crippen LogP contribution < -0.4 is 10.6 Å². The first-order valence-electron chi connectivity index (χ1n) is 9.74. The molecule has 0 bridgehead atoms. The monoisotopic (exact) mass is 402 g/mol. The molecule has 1 aliphatic heterocycles. The van der Waals surface area contributed by atoms with Gasteiger partial charge >= 0.3 is 5.97 Å². The molecule has 1 heterocycles. The van der Waals surface area contributed by atoms with Crippen molar-refractivity contribution in [1.82, 2.24) is 5.32 Å². The molecule has 1 aromatic rings. The molecule has 0 saturated heterocycles. The van der Waals surface area contributed by atoms with E-state index in [1.807, 2.05) is 24.3 Å². The van der Waals surface area contributed by atoms with E-state index in [9.17, 15) is 14.4 Å². The van der Waals surface area contributed by atoms with Gasteiger partial charge in [0.1, 0.15) is 0 Å². The maximum atomic E-state index is 12.2. The SMILES string of the molecule is C[C@H](OC(=O)C[C@@H]1Sc2ccccc2NC1=O)C(=O)NCCC1=CCCCC1. The van der Waals surface area contributed by atoms with E-state index in [-0.39, 0.29) is 18.2 Å². The number of amides is 2. The third kappa shape index (κ3) is 5.61. The lowest BCUT2D eigenvalue weighted by molar-refractivity contribution is -0.155. The number of carbonyl (C=O) groups is 3. The van der Waals surface area contributed by atoms with Gasteiger partial charge in [0.25, 0.3) is 5.91 Å². The molecule has 0 saturated carbocycles. The molecule has 28 heavy (non-hydrogen) atoms. The lowest BCUT2D eigenvalue weighted by atomic mass is 9.97. The number of benzene rings is 1. The zero-order valence-corrected chi connectivity index (χ0v) is 16.8. The molecule has 0 fully saturated rings. The van der Waals surface area contributed by atoms with Gasteiger partial charge in [0.2, 0.25) is 5.91 Å². The van der Waals surface area contributed by atoms with Crippen LogP contribution in [0.5, 0.6) is 0 Å². The first-order valence-corrected chi connectivity index (χ1v) is 10.6. The first kappa shape index (κ1) is 20.5. The third-order valence-electron chi connectivity index (χ3n) is 4.87. The fourth-order valence-corrected chi connectivity index (χ4v) is 4.39. The van der Waals surface area contributed by atoms with Crippen molar-refractivity contribution in [2.45, 2.75) is 61.7 Å². The Morgan fingerprint density at radius 1 is 1.32 bits per heavy atom. The quantitative estimate of drug-likeness (QED) is 0.539. The summed E-state index contributed by atoms with van der Waals surface area (Å²) in [7, 11) is 0. The van der Waals surface area contributed by atoms with E-state index in [0.717, 1.165) is 29.8 Å². The average Bonchev–Trinajstić information content (AvgIpc) is 2.69. The Morgan fingerprint density at radius 2 is 2.14 bits per heavy atom. The molecule has 0 unspecified atom stereocenters. The first-order chi connectivity index (χ1) is 13.5. The number of anilines is 1. The number of allylic oxidation sites excluding steroid dienone is 1. The van der Waals surface area contributed by atoms with Gasteiger partial charge in [-0.2, -0.15) is 0 Å². The van der Waals surface area contributed by atoms with Crippen LogP contribution in [0.1, 0.15) is 45.4 Å². The summed E-state index contributed by atoms with van der Waals surface area (Å²) in [5, 5.41) is 5.06. The molecule has 7 heteroatoms. The Labute approximate surface area is 169 Å². The van der Waals surface area contributed by atoms with Gasteiger partial charge in [-0.1, -0.05) is 23.8 Å². The summed E-state index contributed by atoms with van der Waals surface area (Å²) in [6.07, 6.45) is 6.82. The third-order valence-corrected chi connectivity index (χ3v) is 6.14. The second-order valence-corrected chi connectivity index (χ2v) is 8.32. The van der Waals surface area contributed by atoms with Gasteiger partial charge in [0.15, 0.2) is 6.10 Å². The number of hydrogen-bond acceptors (Lipinski definition) is 5. The number of esters is 1. The van der Waals surface area contributed by atoms with Gasteiger partial charge in [0.05, 0.1) is 17.4 Å². The van der Waals surface area contributed by atoms with E-state index < -0.39 is 17.3 Å². The largest absolute Gasteiger partial charge is 0.453 e. The summed E-state index contributed by atoms with van der Waals surface area (Å²) in [6, 6.07) is 7.45. The maximum Gasteiger partial charge on any atom is 0.308 e. The predicted molar refractivity (Wildman–Crippen MR) is 109 cm³/mol. The smallest absolute Gasteiger partial charge is 0.308 e. The van der Waals surface area contributed by atoms with Crippen molar-refractivity contribution in [2.24, 2.45) is 0 Å². The molecule has 3 rings (SSSR count). The molecule has 0 aromatic heterocycles. The Kier molecular flexibility index (Phi) is 7.14. The lowest BCUT2D eigenvalue weighted by Crippen LogP contribution is -2.38. The summed E-state index contributed by atoms with van der Waals surface area (Å²) in [6.45, 7) is 2.10. The van der Waals surface area contributed by atoms with Crippen LogP contribution in [0.15, 0.2) is 40.8 Å². The van der Waals surface area contributed by atoms with Crippen molar-refractivity contribution in [2.75, 3.05) is 11.9 Å². The van der Waals surface area contributed by atoms with Crippen LogP contribution in [0.2, 0.25) is 0 Å². The van der Waals surface area contributed by atoms with Gasteiger partial charge in [-0.3, -0.25) is 14.4 Å². The topological polar surface area (TPSA) is 84.5 Å². The van der Waals surface area contributed by atoms with Crippen LogP contribution in [0.4, 0.5) is 5.69 Å². The van der Waals surface area contributed by atoms with Crippen LogP contribution in [0.3, 0.4) is 0 Å². The number of rotatable bonds is 7. The summed E-state index contributed by atoms with van der Waals surface area (Å²) < 4.78 is 5.23. The molecule has 150 valence electrons. The summed E-state index contributed by atoms with van der Waals surface area (Å²) in [5.41, 5.74) is 2.14. The van der Waals surface area contributed by atoms with Crippen LogP contribution in [0.25, 0.3) is 0 Å². The predicted octanol–water partition coefficient (Wildman–Crippen LogP) is 3.43. The number of carbonyl (C=O) groups excluding carboxylic acids is 3. The Bertz CT molecular complexity index is 777. The minimum Gasteiger partial charge on any atom is -0.453 e. The van der Waals surface area contributed by atoms with Crippen LogP contribution >= 0.6 is 11.8 Å². The minimum atomic E-state index is -0.878. The number of nitrogens with one attached hydrogen (secondary N) is 2. The molecule has 0 radical (unpaired) electrons. The summed E-state index contributed by atoms with van der Waals surface area (Å²) >= 11 is 1.34. The average molecular weight is 403 g/mol. The molecule has 1 aromatic carbocycles. The van der Waals surface area contributed by atoms with Crippen molar-refractivity contribution < 1.29 is 19.1 Å². The van der Waals surface area contributed by atoms with Gasteiger partial charge < -0.3 is 15.4 Å². The summed E-state index contributed by atoms with van der Waals surface area (Å²) in [5.74, 6) is -1.08. The molecule has 2 aliphatic rings.